The smallest absolute Gasteiger partial charge is 0.356 e. The van der Waals surface area contributed by atoms with Crippen LogP contribution in [0.15, 0.2) is 29.3 Å². The second-order valence-electron chi connectivity index (χ2n) is 3.91. The highest BCUT2D eigenvalue weighted by Crippen LogP contribution is 2.40. The Balaban J connectivity index is 2.46. The van der Waals surface area contributed by atoms with Gasteiger partial charge in [0.1, 0.15) is 5.84 Å². The molecular weight excluding hydrogens is 274 g/mol. The van der Waals surface area contributed by atoms with Crippen molar-refractivity contribution in [1.29, 1.82) is 0 Å². The summed E-state index contributed by atoms with van der Waals surface area (Å²) in [7, 11) is 0. The van der Waals surface area contributed by atoms with Crippen LogP contribution in [0, 0.1) is 0 Å². The van der Waals surface area contributed by atoms with Crippen molar-refractivity contribution in [2.45, 2.75) is 24.8 Å². The second kappa shape index (κ2) is 4.75. The number of nitrogens with zero attached hydrogens (tertiary/aromatic N) is 1. The van der Waals surface area contributed by atoms with Crippen LogP contribution in [0.2, 0.25) is 0 Å². The Labute approximate surface area is 104 Å². The molecular formula is C11H8F6N2. The lowest BCUT2D eigenvalue weighted by atomic mass is 10.0. The van der Waals surface area contributed by atoms with E-state index in [1.165, 1.54) is 18.2 Å². The number of aliphatic imine (C=N–C) groups is 1. The van der Waals surface area contributed by atoms with Crippen LogP contribution in [0.3, 0.4) is 0 Å². The fourth-order valence-electron chi connectivity index (χ4n) is 1.74. The number of para-hydroxylation sites is 1. The molecule has 0 amide bonds. The maximum atomic E-state index is 13.2. The van der Waals surface area contributed by atoms with Gasteiger partial charge in [0.25, 0.3) is 6.43 Å². The van der Waals surface area contributed by atoms with Gasteiger partial charge >= 0.3 is 6.18 Å². The highest BCUT2D eigenvalue weighted by Gasteiger charge is 2.45. The van der Waals surface area contributed by atoms with Gasteiger partial charge in [0.05, 0.1) is 5.69 Å². The largest absolute Gasteiger partial charge is 0.412 e. The van der Waals surface area contributed by atoms with Gasteiger partial charge in [-0.2, -0.15) is 13.2 Å². The van der Waals surface area contributed by atoms with Gasteiger partial charge in [0.15, 0.2) is 6.04 Å². The molecule has 0 bridgehead atoms. The lowest BCUT2D eigenvalue weighted by Gasteiger charge is -2.29. The summed E-state index contributed by atoms with van der Waals surface area (Å²) in [6, 6.07) is 2.89. The highest BCUT2D eigenvalue weighted by atomic mass is 19.4. The first-order valence-electron chi connectivity index (χ1n) is 5.23. The normalized spacial score (nSPS) is 20.6. The summed E-state index contributed by atoms with van der Waals surface area (Å²) in [6.45, 7) is 0. The number of hydrogen-bond donors (Lipinski definition) is 1. The van der Waals surface area contributed by atoms with Gasteiger partial charge in [-0.3, -0.25) is 0 Å². The first kappa shape index (κ1) is 13.7. The van der Waals surface area contributed by atoms with Gasteiger partial charge in [0.2, 0.25) is 6.17 Å². The van der Waals surface area contributed by atoms with Crippen molar-refractivity contribution in [3.05, 3.63) is 29.8 Å². The van der Waals surface area contributed by atoms with E-state index < -0.39 is 30.7 Å². The zero-order valence-electron chi connectivity index (χ0n) is 9.26. The molecule has 1 aromatic rings. The van der Waals surface area contributed by atoms with Gasteiger partial charge in [-0.05, 0) is 6.07 Å². The minimum atomic E-state index is -4.74. The van der Waals surface area contributed by atoms with Gasteiger partial charge in [-0.1, -0.05) is 18.2 Å². The van der Waals surface area contributed by atoms with Crippen molar-refractivity contribution in [1.82, 2.24) is 5.32 Å². The zero-order valence-corrected chi connectivity index (χ0v) is 9.26. The molecule has 0 aliphatic carbocycles. The Kier molecular flexibility index (Phi) is 3.42. The maximum absolute atomic E-state index is 13.2. The quantitative estimate of drug-likeness (QED) is 0.824. The third kappa shape index (κ3) is 2.66. The zero-order chi connectivity index (χ0) is 14.2. The predicted octanol–water partition coefficient (Wildman–Crippen LogP) is 3.53. The second-order valence-corrected chi connectivity index (χ2v) is 3.91. The Hall–Kier alpha value is -1.73. The minimum Gasteiger partial charge on any atom is -0.356 e. The van der Waals surface area contributed by atoms with Crippen LogP contribution in [0.4, 0.5) is 32.0 Å². The first-order chi connectivity index (χ1) is 8.80. The molecule has 1 aromatic carbocycles. The number of amidine groups is 1. The molecule has 0 saturated carbocycles. The Morgan fingerprint density at radius 2 is 1.74 bits per heavy atom. The molecule has 0 aromatic heterocycles. The molecule has 8 heteroatoms. The van der Waals surface area contributed by atoms with E-state index in [-0.39, 0.29) is 11.3 Å². The number of rotatable bonds is 2. The van der Waals surface area contributed by atoms with Crippen LogP contribution < -0.4 is 5.32 Å². The topological polar surface area (TPSA) is 24.4 Å². The first-order valence-corrected chi connectivity index (χ1v) is 5.23. The van der Waals surface area contributed by atoms with E-state index in [0.717, 1.165) is 6.07 Å². The summed E-state index contributed by atoms with van der Waals surface area (Å²) in [5.74, 6) is -1.00. The van der Waals surface area contributed by atoms with Crippen molar-refractivity contribution in [3.63, 3.8) is 0 Å². The molecule has 0 saturated heterocycles. The minimum absolute atomic E-state index is 0.165. The van der Waals surface area contributed by atoms with E-state index in [1.54, 1.807) is 5.32 Å². The lowest BCUT2D eigenvalue weighted by Crippen LogP contribution is -2.45. The van der Waals surface area contributed by atoms with Gasteiger partial charge in [0, 0.05) is 5.56 Å². The summed E-state index contributed by atoms with van der Waals surface area (Å²) in [5, 5.41) is 1.70. The summed E-state index contributed by atoms with van der Waals surface area (Å²) in [6.07, 6.45) is -11.1. The third-order valence-electron chi connectivity index (χ3n) is 2.59. The van der Waals surface area contributed by atoms with E-state index in [1.807, 2.05) is 0 Å². The molecule has 0 spiro atoms. The van der Waals surface area contributed by atoms with E-state index in [0.29, 0.717) is 0 Å². The van der Waals surface area contributed by atoms with Gasteiger partial charge in [-0.15, -0.1) is 0 Å². The molecule has 0 radical (unpaired) electrons. The van der Waals surface area contributed by atoms with Crippen molar-refractivity contribution in [2.24, 2.45) is 4.99 Å². The Morgan fingerprint density at radius 3 is 2.32 bits per heavy atom. The summed E-state index contributed by atoms with van der Waals surface area (Å²) >= 11 is 0. The average molecular weight is 282 g/mol. The molecule has 1 heterocycles. The highest BCUT2D eigenvalue weighted by molar-refractivity contribution is 5.91. The van der Waals surface area contributed by atoms with Crippen molar-refractivity contribution in [3.8, 4) is 0 Å². The lowest BCUT2D eigenvalue weighted by molar-refractivity contribution is -0.154. The van der Waals surface area contributed by atoms with E-state index in [9.17, 15) is 26.3 Å². The van der Waals surface area contributed by atoms with Crippen molar-refractivity contribution < 1.29 is 26.3 Å². The number of hydrogen-bond acceptors (Lipinski definition) is 2. The molecule has 1 N–H and O–H groups in total. The van der Waals surface area contributed by atoms with Crippen LogP contribution in [-0.4, -0.2) is 24.6 Å². The molecule has 1 aliphatic rings. The van der Waals surface area contributed by atoms with E-state index in [2.05, 4.69) is 4.99 Å². The van der Waals surface area contributed by atoms with Crippen LogP contribution >= 0.6 is 0 Å². The van der Waals surface area contributed by atoms with Crippen molar-refractivity contribution >= 4 is 11.5 Å². The van der Waals surface area contributed by atoms with Gasteiger partial charge in [-0.25, -0.2) is 18.2 Å². The number of nitrogens with one attached hydrogen (secondary N) is 1. The van der Waals surface area contributed by atoms with Crippen LogP contribution in [-0.2, 0) is 0 Å². The fraction of sp³-hybridized carbons (Fsp3) is 0.364. The third-order valence-corrected chi connectivity index (χ3v) is 2.59. The fourth-order valence-corrected chi connectivity index (χ4v) is 1.74. The molecule has 104 valence electrons. The summed E-state index contributed by atoms with van der Waals surface area (Å²) in [4.78, 5) is 3.48. The summed E-state index contributed by atoms with van der Waals surface area (Å²) < 4.78 is 76.1. The molecule has 2 rings (SSSR count). The molecule has 2 nitrogen and oxygen atoms in total. The SMILES string of the molecule is FC(F)C(F)C1=Nc2ccccc2C(C(F)(F)F)N1. The molecule has 2 atom stereocenters. The van der Waals surface area contributed by atoms with Crippen molar-refractivity contribution in [2.75, 3.05) is 0 Å². The molecule has 1 aliphatic heterocycles. The standard InChI is InChI=1S/C11H8F6N2/c12-7(9(13)14)10-18-6-4-2-1-3-5(6)8(19-10)11(15,16)17/h1-4,7-9H,(H,18,19). The van der Waals surface area contributed by atoms with E-state index in [4.69, 9.17) is 0 Å². The van der Waals surface area contributed by atoms with Gasteiger partial charge < -0.3 is 5.32 Å². The summed E-state index contributed by atoms with van der Waals surface area (Å²) in [5.41, 5.74) is -0.387. The number of halogens is 6. The Morgan fingerprint density at radius 1 is 1.11 bits per heavy atom. The number of alkyl halides is 6. The Bertz CT molecular complexity index is 496. The maximum Gasteiger partial charge on any atom is 0.412 e. The molecule has 19 heavy (non-hydrogen) atoms. The number of benzene rings is 1. The molecule has 0 fully saturated rings. The van der Waals surface area contributed by atoms with E-state index >= 15 is 0 Å². The van der Waals surface area contributed by atoms with Crippen LogP contribution in [0.25, 0.3) is 0 Å². The average Bonchev–Trinajstić information content (AvgIpc) is 2.35. The van der Waals surface area contributed by atoms with Crippen LogP contribution in [0.5, 0.6) is 0 Å². The van der Waals surface area contributed by atoms with Crippen LogP contribution in [0.1, 0.15) is 11.6 Å². The number of fused-ring (bicyclic) bond motifs is 1. The molecule has 2 unspecified atom stereocenters. The predicted molar refractivity (Wildman–Crippen MR) is 56.4 cm³/mol. The monoisotopic (exact) mass is 282 g/mol.